The molecule has 0 spiro atoms. The largest absolute Gasteiger partial charge is 0.427 e. The van der Waals surface area contributed by atoms with Crippen LogP contribution in [-0.2, 0) is 11.2 Å². The summed E-state index contributed by atoms with van der Waals surface area (Å²) in [5.74, 6) is 1.08. The fraction of sp³-hybridized carbons (Fsp3) is 0.381. The van der Waals surface area contributed by atoms with Crippen molar-refractivity contribution < 1.29 is 13.9 Å². The molecule has 1 amide bonds. The molecule has 1 atom stereocenters. The van der Waals surface area contributed by atoms with Crippen molar-refractivity contribution in [2.75, 3.05) is 19.8 Å². The highest BCUT2D eigenvalue weighted by atomic mass is 35.5. The molecule has 0 saturated carbocycles. The first kappa shape index (κ1) is 19.7. The van der Waals surface area contributed by atoms with Crippen LogP contribution in [0.5, 0.6) is 0 Å². The number of fused-ring (bicyclic) bond motifs is 1. The Labute approximate surface area is 172 Å². The second-order valence-corrected chi connectivity index (χ2v) is 7.70. The lowest BCUT2D eigenvalue weighted by molar-refractivity contribution is 0.0948. The quantitative estimate of drug-likeness (QED) is 0.602. The molecular weight excluding hydrogens is 394 g/mol. The van der Waals surface area contributed by atoms with E-state index in [1.54, 1.807) is 19.1 Å². The van der Waals surface area contributed by atoms with Crippen molar-refractivity contribution >= 4 is 28.5 Å². The number of aromatic amines is 1. The molecule has 1 unspecified atom stereocenters. The Morgan fingerprint density at radius 1 is 1.38 bits per heavy atom. The number of carbonyl (C=O) groups excluding carboxylic acids is 1. The summed E-state index contributed by atoms with van der Waals surface area (Å²) >= 11 is 5.99. The van der Waals surface area contributed by atoms with Crippen LogP contribution >= 0.6 is 11.6 Å². The molecule has 7 nitrogen and oxygen atoms in total. The summed E-state index contributed by atoms with van der Waals surface area (Å²) < 4.78 is 10.7. The van der Waals surface area contributed by atoms with Crippen molar-refractivity contribution in [3.63, 3.8) is 0 Å². The van der Waals surface area contributed by atoms with E-state index in [-0.39, 0.29) is 11.5 Å². The Bertz CT molecular complexity index is 1100. The number of imidazole rings is 1. The lowest BCUT2D eigenvalue weighted by atomic mass is 10.0. The van der Waals surface area contributed by atoms with Crippen LogP contribution in [-0.4, -0.2) is 35.6 Å². The van der Waals surface area contributed by atoms with Gasteiger partial charge in [-0.15, -0.1) is 0 Å². The fourth-order valence-corrected chi connectivity index (χ4v) is 3.74. The maximum absolute atomic E-state index is 12.5. The van der Waals surface area contributed by atoms with Gasteiger partial charge in [0, 0.05) is 30.5 Å². The van der Waals surface area contributed by atoms with Gasteiger partial charge in [0.2, 0.25) is 0 Å². The molecular formula is C21H22ClN3O4. The van der Waals surface area contributed by atoms with E-state index in [9.17, 15) is 9.59 Å². The molecule has 3 heterocycles. The van der Waals surface area contributed by atoms with Crippen LogP contribution in [0, 0.1) is 6.92 Å². The molecule has 1 saturated heterocycles. The van der Waals surface area contributed by atoms with Gasteiger partial charge >= 0.3 is 5.63 Å². The smallest absolute Gasteiger partial charge is 0.349 e. The van der Waals surface area contributed by atoms with Crippen molar-refractivity contribution in [1.82, 2.24) is 15.3 Å². The Morgan fingerprint density at radius 3 is 3.00 bits per heavy atom. The van der Waals surface area contributed by atoms with Crippen LogP contribution < -0.4 is 10.9 Å². The third-order valence-corrected chi connectivity index (χ3v) is 5.33. The highest BCUT2D eigenvalue weighted by molar-refractivity contribution is 6.31. The van der Waals surface area contributed by atoms with Gasteiger partial charge in [0.15, 0.2) is 0 Å². The number of ether oxygens (including phenoxy) is 1. The van der Waals surface area contributed by atoms with E-state index in [1.807, 2.05) is 12.1 Å². The van der Waals surface area contributed by atoms with E-state index < -0.39 is 11.5 Å². The number of rotatable bonds is 6. The van der Waals surface area contributed by atoms with E-state index in [2.05, 4.69) is 15.3 Å². The topological polar surface area (TPSA) is 97.2 Å². The van der Waals surface area contributed by atoms with Gasteiger partial charge in [0.25, 0.3) is 5.91 Å². The predicted molar refractivity (Wildman–Crippen MR) is 110 cm³/mol. The standard InChI is InChI=1S/C21H22ClN3O4/c1-12-9-17(13-6-8-28-11-13)29-21(27)19(12)20(26)23-7-2-3-18-24-15-5-4-14(22)10-16(15)25-18/h4-5,9-10,13H,2-3,6-8,11H2,1H3,(H,23,26)(H,24,25). The van der Waals surface area contributed by atoms with Crippen LogP contribution in [0.25, 0.3) is 11.0 Å². The maximum Gasteiger partial charge on any atom is 0.349 e. The molecule has 2 N–H and O–H groups in total. The number of benzene rings is 1. The van der Waals surface area contributed by atoms with E-state index in [1.165, 1.54) is 0 Å². The third kappa shape index (κ3) is 4.36. The minimum absolute atomic E-state index is 0.0612. The van der Waals surface area contributed by atoms with Gasteiger partial charge in [0.1, 0.15) is 17.1 Å². The lowest BCUT2D eigenvalue weighted by Gasteiger charge is -2.10. The number of aryl methyl sites for hydroxylation is 2. The molecule has 1 fully saturated rings. The third-order valence-electron chi connectivity index (χ3n) is 5.10. The van der Waals surface area contributed by atoms with Gasteiger partial charge in [-0.25, -0.2) is 9.78 Å². The second-order valence-electron chi connectivity index (χ2n) is 7.26. The number of H-pyrrole nitrogens is 1. The normalized spacial score (nSPS) is 16.4. The van der Waals surface area contributed by atoms with Crippen LogP contribution in [0.15, 0.2) is 33.5 Å². The van der Waals surface area contributed by atoms with Gasteiger partial charge in [-0.3, -0.25) is 4.79 Å². The molecule has 1 aliphatic heterocycles. The number of amides is 1. The zero-order valence-corrected chi connectivity index (χ0v) is 16.8. The Kier molecular flexibility index (Phi) is 5.69. The molecule has 1 aromatic carbocycles. The number of nitrogens with zero attached hydrogens (tertiary/aromatic N) is 1. The number of carbonyl (C=O) groups is 1. The highest BCUT2D eigenvalue weighted by Crippen LogP contribution is 2.25. The molecule has 2 aromatic heterocycles. The van der Waals surface area contributed by atoms with Crippen LogP contribution in [0.4, 0.5) is 0 Å². The summed E-state index contributed by atoms with van der Waals surface area (Å²) in [6.45, 7) is 3.38. The van der Waals surface area contributed by atoms with Crippen molar-refractivity contribution in [3.8, 4) is 0 Å². The number of hydrogen-bond donors (Lipinski definition) is 2. The number of hydrogen-bond acceptors (Lipinski definition) is 5. The zero-order valence-electron chi connectivity index (χ0n) is 16.1. The highest BCUT2D eigenvalue weighted by Gasteiger charge is 2.24. The summed E-state index contributed by atoms with van der Waals surface area (Å²) in [7, 11) is 0. The molecule has 4 rings (SSSR count). The Hall–Kier alpha value is -2.64. The first-order valence-corrected chi connectivity index (χ1v) is 10.0. The van der Waals surface area contributed by atoms with Crippen LogP contribution in [0.3, 0.4) is 0 Å². The van der Waals surface area contributed by atoms with E-state index >= 15 is 0 Å². The Morgan fingerprint density at radius 2 is 2.24 bits per heavy atom. The first-order chi connectivity index (χ1) is 14.0. The SMILES string of the molecule is Cc1cc(C2CCOC2)oc(=O)c1C(=O)NCCCc1nc2ccc(Cl)cc2[nH]1. The fourth-order valence-electron chi connectivity index (χ4n) is 3.57. The minimum atomic E-state index is -0.599. The van der Waals surface area contributed by atoms with Crippen molar-refractivity contribution in [2.24, 2.45) is 0 Å². The Balaban J connectivity index is 1.35. The molecule has 0 radical (unpaired) electrons. The van der Waals surface area contributed by atoms with Gasteiger partial charge in [-0.05, 0) is 49.6 Å². The monoisotopic (exact) mass is 415 g/mol. The number of nitrogens with one attached hydrogen (secondary N) is 2. The first-order valence-electron chi connectivity index (χ1n) is 9.66. The van der Waals surface area contributed by atoms with Crippen LogP contribution in [0.2, 0.25) is 5.02 Å². The van der Waals surface area contributed by atoms with Gasteiger partial charge in [0.05, 0.1) is 17.6 Å². The van der Waals surface area contributed by atoms with Crippen molar-refractivity contribution in [1.29, 1.82) is 0 Å². The summed E-state index contributed by atoms with van der Waals surface area (Å²) in [6, 6.07) is 7.27. The maximum atomic E-state index is 12.5. The summed E-state index contributed by atoms with van der Waals surface area (Å²) in [5.41, 5.74) is 1.83. The van der Waals surface area contributed by atoms with Gasteiger partial charge in [-0.1, -0.05) is 11.6 Å². The van der Waals surface area contributed by atoms with Crippen LogP contribution in [0.1, 0.15) is 46.3 Å². The summed E-state index contributed by atoms with van der Waals surface area (Å²) in [5, 5.41) is 3.45. The molecule has 8 heteroatoms. The average Bonchev–Trinajstić information content (AvgIpc) is 3.34. The average molecular weight is 416 g/mol. The predicted octanol–water partition coefficient (Wildman–Crippen LogP) is 3.34. The molecule has 0 aliphatic carbocycles. The number of aromatic nitrogens is 2. The van der Waals surface area contributed by atoms with Gasteiger partial charge < -0.3 is 19.5 Å². The minimum Gasteiger partial charge on any atom is -0.427 e. The number of halogens is 1. The van der Waals surface area contributed by atoms with Crippen molar-refractivity contribution in [3.05, 3.63) is 62.4 Å². The second kappa shape index (κ2) is 8.39. The molecule has 0 bridgehead atoms. The van der Waals surface area contributed by atoms with Gasteiger partial charge in [-0.2, -0.15) is 0 Å². The van der Waals surface area contributed by atoms with E-state index in [0.717, 1.165) is 23.3 Å². The summed E-state index contributed by atoms with van der Waals surface area (Å²) in [4.78, 5) is 32.5. The molecule has 29 heavy (non-hydrogen) atoms. The van der Waals surface area contributed by atoms with E-state index in [0.29, 0.717) is 48.9 Å². The molecule has 1 aliphatic rings. The molecule has 3 aromatic rings. The zero-order chi connectivity index (χ0) is 20.4. The molecule has 152 valence electrons. The lowest BCUT2D eigenvalue weighted by Crippen LogP contribution is -2.30. The van der Waals surface area contributed by atoms with Crippen molar-refractivity contribution in [2.45, 2.75) is 32.1 Å². The summed E-state index contributed by atoms with van der Waals surface area (Å²) in [6.07, 6.45) is 2.17. The van der Waals surface area contributed by atoms with E-state index in [4.69, 9.17) is 20.8 Å².